The molecular weight excluding hydrogens is 314 g/mol. The van der Waals surface area contributed by atoms with Gasteiger partial charge in [0.2, 0.25) is 0 Å². The van der Waals surface area contributed by atoms with Crippen molar-refractivity contribution in [2.45, 2.75) is 26.4 Å². The van der Waals surface area contributed by atoms with Gasteiger partial charge in [0.05, 0.1) is 32.3 Å². The Morgan fingerprint density at radius 3 is 2.62 bits per heavy atom. The summed E-state index contributed by atoms with van der Waals surface area (Å²) in [6.07, 6.45) is -0.591. The second kappa shape index (κ2) is 8.54. The van der Waals surface area contributed by atoms with Gasteiger partial charge in [-0.05, 0) is 32.0 Å². The Morgan fingerprint density at radius 2 is 1.96 bits per heavy atom. The number of ether oxygens (including phenoxy) is 3. The smallest absolute Gasteiger partial charge is 0.306 e. The molecule has 0 bridgehead atoms. The molecular formula is C17H23NO6. The summed E-state index contributed by atoms with van der Waals surface area (Å²) in [5.41, 5.74) is 0.484. The van der Waals surface area contributed by atoms with E-state index in [0.717, 1.165) is 0 Å². The van der Waals surface area contributed by atoms with Crippen molar-refractivity contribution in [1.29, 1.82) is 0 Å². The number of carboxylic acid groups (broad SMARTS) is 1. The van der Waals surface area contributed by atoms with Crippen molar-refractivity contribution >= 4 is 11.9 Å². The Balaban J connectivity index is 2.13. The molecule has 1 N–H and O–H groups in total. The molecule has 24 heavy (non-hydrogen) atoms. The third-order valence-corrected chi connectivity index (χ3v) is 3.62. The van der Waals surface area contributed by atoms with Crippen molar-refractivity contribution in [3.63, 3.8) is 0 Å². The number of carbonyl (C=O) groups is 2. The molecule has 0 aliphatic carbocycles. The van der Waals surface area contributed by atoms with Gasteiger partial charge in [-0.15, -0.1) is 0 Å². The van der Waals surface area contributed by atoms with E-state index in [1.54, 1.807) is 23.1 Å². The summed E-state index contributed by atoms with van der Waals surface area (Å²) in [6, 6.07) is 5.08. The number of morpholine rings is 1. The number of aliphatic carboxylic acids is 1. The number of carboxylic acids is 1. The number of benzene rings is 1. The van der Waals surface area contributed by atoms with E-state index in [1.807, 2.05) is 13.8 Å². The molecule has 132 valence electrons. The normalized spacial score (nSPS) is 17.4. The zero-order valence-corrected chi connectivity index (χ0v) is 14.0. The van der Waals surface area contributed by atoms with Crippen LogP contribution in [0.3, 0.4) is 0 Å². The number of hydrogen-bond acceptors (Lipinski definition) is 5. The third kappa shape index (κ3) is 4.61. The lowest BCUT2D eigenvalue weighted by atomic mass is 10.1. The zero-order chi connectivity index (χ0) is 17.5. The van der Waals surface area contributed by atoms with Gasteiger partial charge in [0, 0.05) is 18.7 Å². The molecule has 1 heterocycles. The minimum atomic E-state index is -0.936. The largest absolute Gasteiger partial charge is 0.490 e. The predicted molar refractivity (Wildman–Crippen MR) is 86.7 cm³/mol. The van der Waals surface area contributed by atoms with E-state index >= 15 is 0 Å². The fourth-order valence-corrected chi connectivity index (χ4v) is 2.59. The first-order valence-corrected chi connectivity index (χ1v) is 8.07. The fourth-order valence-electron chi connectivity index (χ4n) is 2.59. The first-order valence-electron chi connectivity index (χ1n) is 8.07. The third-order valence-electron chi connectivity index (χ3n) is 3.62. The lowest BCUT2D eigenvalue weighted by molar-refractivity contribution is -0.141. The molecule has 7 heteroatoms. The topological polar surface area (TPSA) is 85.3 Å². The SMILES string of the molecule is CCOc1ccc(C(=O)N2CCOC(CC(=O)O)C2)cc1OCC. The first-order chi connectivity index (χ1) is 11.5. The van der Waals surface area contributed by atoms with Crippen LogP contribution in [0.25, 0.3) is 0 Å². The number of carbonyl (C=O) groups excluding carboxylic acids is 1. The van der Waals surface area contributed by atoms with Crippen LogP contribution in [-0.2, 0) is 9.53 Å². The van der Waals surface area contributed by atoms with Crippen LogP contribution in [0.5, 0.6) is 11.5 Å². The van der Waals surface area contributed by atoms with Crippen molar-refractivity contribution < 1.29 is 28.9 Å². The summed E-state index contributed by atoms with van der Waals surface area (Å²) in [5, 5.41) is 8.87. The van der Waals surface area contributed by atoms with Crippen LogP contribution in [0.15, 0.2) is 18.2 Å². The average Bonchev–Trinajstić information content (AvgIpc) is 2.56. The molecule has 7 nitrogen and oxygen atoms in total. The van der Waals surface area contributed by atoms with Gasteiger partial charge in [-0.3, -0.25) is 9.59 Å². The van der Waals surface area contributed by atoms with E-state index < -0.39 is 12.1 Å². The van der Waals surface area contributed by atoms with Crippen LogP contribution in [0, 0.1) is 0 Å². The summed E-state index contributed by atoms with van der Waals surface area (Å²) in [7, 11) is 0. The highest BCUT2D eigenvalue weighted by Crippen LogP contribution is 2.29. The van der Waals surface area contributed by atoms with Gasteiger partial charge in [-0.25, -0.2) is 0 Å². The monoisotopic (exact) mass is 337 g/mol. The van der Waals surface area contributed by atoms with Crippen LogP contribution in [0.4, 0.5) is 0 Å². The van der Waals surface area contributed by atoms with Crippen LogP contribution in [0.2, 0.25) is 0 Å². The van der Waals surface area contributed by atoms with Gasteiger partial charge >= 0.3 is 5.97 Å². The molecule has 1 aromatic carbocycles. The lowest BCUT2D eigenvalue weighted by Gasteiger charge is -2.32. The Bertz CT molecular complexity index is 588. The van der Waals surface area contributed by atoms with E-state index in [-0.39, 0.29) is 18.9 Å². The minimum absolute atomic E-state index is 0.114. The van der Waals surface area contributed by atoms with E-state index in [4.69, 9.17) is 19.3 Å². The van der Waals surface area contributed by atoms with Crippen LogP contribution in [0.1, 0.15) is 30.6 Å². The molecule has 1 aromatic rings. The Kier molecular flexibility index (Phi) is 6.43. The van der Waals surface area contributed by atoms with Crippen molar-refractivity contribution in [3.05, 3.63) is 23.8 Å². The summed E-state index contributed by atoms with van der Waals surface area (Å²) in [5.74, 6) is 0.0221. The van der Waals surface area contributed by atoms with Crippen molar-refractivity contribution in [2.75, 3.05) is 32.9 Å². The van der Waals surface area contributed by atoms with Gasteiger partial charge < -0.3 is 24.2 Å². The Labute approximate surface area is 141 Å². The van der Waals surface area contributed by atoms with E-state index in [9.17, 15) is 9.59 Å². The van der Waals surface area contributed by atoms with Crippen LogP contribution >= 0.6 is 0 Å². The Morgan fingerprint density at radius 1 is 1.25 bits per heavy atom. The van der Waals surface area contributed by atoms with Gasteiger partial charge in [0.25, 0.3) is 5.91 Å². The maximum atomic E-state index is 12.7. The summed E-state index contributed by atoms with van der Waals surface area (Å²) >= 11 is 0. The quantitative estimate of drug-likeness (QED) is 0.816. The maximum absolute atomic E-state index is 12.7. The van der Waals surface area contributed by atoms with E-state index in [1.165, 1.54) is 0 Å². The molecule has 0 spiro atoms. The number of amides is 1. The second-order valence-electron chi connectivity index (χ2n) is 5.37. The second-order valence-corrected chi connectivity index (χ2v) is 5.37. The highest BCUT2D eigenvalue weighted by molar-refractivity contribution is 5.95. The maximum Gasteiger partial charge on any atom is 0.306 e. The van der Waals surface area contributed by atoms with Gasteiger partial charge in [0.1, 0.15) is 0 Å². The molecule has 1 saturated heterocycles. The molecule has 1 atom stereocenters. The van der Waals surface area contributed by atoms with E-state index in [0.29, 0.717) is 43.4 Å². The highest BCUT2D eigenvalue weighted by atomic mass is 16.5. The standard InChI is InChI=1S/C17H23NO6/c1-3-22-14-6-5-12(9-15(14)23-4-2)17(21)18-7-8-24-13(11-18)10-16(19)20/h5-6,9,13H,3-4,7-8,10-11H2,1-2H3,(H,19,20). The number of nitrogens with zero attached hydrogens (tertiary/aromatic N) is 1. The molecule has 1 amide bonds. The summed E-state index contributed by atoms with van der Waals surface area (Å²) in [4.78, 5) is 25.1. The molecule has 1 aliphatic rings. The van der Waals surface area contributed by atoms with Gasteiger partial charge in [0.15, 0.2) is 11.5 Å². The van der Waals surface area contributed by atoms with Crippen molar-refractivity contribution in [2.24, 2.45) is 0 Å². The van der Waals surface area contributed by atoms with E-state index in [2.05, 4.69) is 0 Å². The molecule has 0 saturated carbocycles. The van der Waals surface area contributed by atoms with Crippen LogP contribution < -0.4 is 9.47 Å². The molecule has 0 radical (unpaired) electrons. The van der Waals surface area contributed by atoms with Crippen molar-refractivity contribution in [1.82, 2.24) is 4.90 Å². The number of hydrogen-bond donors (Lipinski definition) is 1. The van der Waals surface area contributed by atoms with Crippen molar-refractivity contribution in [3.8, 4) is 11.5 Å². The van der Waals surface area contributed by atoms with Gasteiger partial charge in [-0.1, -0.05) is 0 Å². The molecule has 1 aliphatic heterocycles. The minimum Gasteiger partial charge on any atom is -0.490 e. The lowest BCUT2D eigenvalue weighted by Crippen LogP contribution is -2.46. The molecule has 1 unspecified atom stereocenters. The van der Waals surface area contributed by atoms with Crippen LogP contribution in [-0.4, -0.2) is 60.9 Å². The molecule has 2 rings (SSSR count). The highest BCUT2D eigenvalue weighted by Gasteiger charge is 2.27. The number of rotatable bonds is 7. The first kappa shape index (κ1) is 18.1. The Hall–Kier alpha value is -2.28. The summed E-state index contributed by atoms with van der Waals surface area (Å²) in [6.45, 7) is 5.75. The summed E-state index contributed by atoms with van der Waals surface area (Å²) < 4.78 is 16.4. The molecule has 0 aromatic heterocycles. The predicted octanol–water partition coefficient (Wildman–Crippen LogP) is 1.80. The fraction of sp³-hybridized carbons (Fsp3) is 0.529. The molecule has 1 fully saturated rings. The van der Waals surface area contributed by atoms with Gasteiger partial charge in [-0.2, -0.15) is 0 Å². The zero-order valence-electron chi connectivity index (χ0n) is 14.0. The average molecular weight is 337 g/mol.